The Hall–Kier alpha value is -1.84. The van der Waals surface area contributed by atoms with Crippen molar-refractivity contribution in [3.05, 3.63) is 42.8 Å². The minimum Gasteiger partial charge on any atom is -0.348 e. The van der Waals surface area contributed by atoms with E-state index in [9.17, 15) is 0 Å². The van der Waals surface area contributed by atoms with E-state index in [4.69, 9.17) is 0 Å². The average Bonchev–Trinajstić information content (AvgIpc) is 2.65. The van der Waals surface area contributed by atoms with E-state index >= 15 is 0 Å². The number of aryl methyl sites for hydroxylation is 1. The van der Waals surface area contributed by atoms with Crippen LogP contribution in [0.3, 0.4) is 0 Å². The summed E-state index contributed by atoms with van der Waals surface area (Å²) in [4.78, 5) is 2.09. The number of hydrogen-bond donors (Lipinski definition) is 0. The lowest BCUT2D eigenvalue weighted by atomic mass is 10.1. The molecule has 78 valence electrons. The second-order valence-corrected chi connectivity index (χ2v) is 3.42. The fraction of sp³-hybridized carbons (Fsp3) is 0.273. The summed E-state index contributed by atoms with van der Waals surface area (Å²) < 4.78 is 1.89. The van der Waals surface area contributed by atoms with Crippen LogP contribution in [0, 0.1) is 0 Å². The van der Waals surface area contributed by atoms with Crippen molar-refractivity contribution in [3.63, 3.8) is 0 Å². The quantitative estimate of drug-likeness (QED) is 0.730. The number of hydrogen-bond acceptors (Lipinski definition) is 3. The third-order valence-electron chi connectivity index (χ3n) is 2.48. The number of aromatic nitrogens is 3. The average molecular weight is 202 g/mol. The van der Waals surface area contributed by atoms with Crippen molar-refractivity contribution in [2.45, 2.75) is 6.92 Å². The number of nitrogens with zero attached hydrogens (tertiary/aromatic N) is 4. The van der Waals surface area contributed by atoms with Gasteiger partial charge in [-0.25, -0.2) is 0 Å². The zero-order valence-electron chi connectivity index (χ0n) is 9.01. The van der Waals surface area contributed by atoms with Gasteiger partial charge in [0.05, 0.1) is 0 Å². The molecule has 0 amide bonds. The Bertz CT molecular complexity index is 439. The summed E-state index contributed by atoms with van der Waals surface area (Å²) in [6.45, 7) is 7.07. The maximum atomic E-state index is 4.08. The zero-order valence-corrected chi connectivity index (χ0v) is 9.01. The van der Waals surface area contributed by atoms with Crippen LogP contribution in [-0.4, -0.2) is 26.2 Å². The fourth-order valence-electron chi connectivity index (χ4n) is 1.61. The van der Waals surface area contributed by atoms with Crippen molar-refractivity contribution < 1.29 is 0 Å². The summed E-state index contributed by atoms with van der Waals surface area (Å²) >= 11 is 0. The van der Waals surface area contributed by atoms with Gasteiger partial charge in [0.15, 0.2) is 5.82 Å². The van der Waals surface area contributed by atoms with E-state index in [1.807, 2.05) is 30.0 Å². The van der Waals surface area contributed by atoms with Crippen LogP contribution in [-0.2, 0) is 7.05 Å². The topological polar surface area (TPSA) is 34.0 Å². The highest BCUT2D eigenvalue weighted by Crippen LogP contribution is 2.25. The monoisotopic (exact) mass is 202 g/mol. The first-order valence-corrected chi connectivity index (χ1v) is 4.92. The van der Waals surface area contributed by atoms with Gasteiger partial charge in [-0.05, 0) is 19.1 Å². The van der Waals surface area contributed by atoms with Gasteiger partial charge in [0, 0.05) is 31.1 Å². The molecule has 4 nitrogen and oxygen atoms in total. The summed E-state index contributed by atoms with van der Waals surface area (Å²) in [5.41, 5.74) is 2.00. The fourth-order valence-corrected chi connectivity index (χ4v) is 1.61. The Morgan fingerprint density at radius 2 is 2.27 bits per heavy atom. The predicted molar refractivity (Wildman–Crippen MR) is 59.6 cm³/mol. The summed E-state index contributed by atoms with van der Waals surface area (Å²) in [5.74, 6) is 0.850. The smallest absolute Gasteiger partial charge is 0.165 e. The van der Waals surface area contributed by atoms with Crippen molar-refractivity contribution in [2.75, 3.05) is 6.54 Å². The van der Waals surface area contributed by atoms with Crippen molar-refractivity contribution >= 4 is 5.57 Å². The van der Waals surface area contributed by atoms with E-state index in [0.717, 1.165) is 23.6 Å². The largest absolute Gasteiger partial charge is 0.348 e. The van der Waals surface area contributed by atoms with Gasteiger partial charge in [-0.1, -0.05) is 6.58 Å². The number of allylic oxidation sites excluding steroid dienone is 3. The van der Waals surface area contributed by atoms with E-state index in [-0.39, 0.29) is 0 Å². The van der Waals surface area contributed by atoms with Crippen molar-refractivity contribution in [1.29, 1.82) is 0 Å². The Morgan fingerprint density at radius 1 is 1.47 bits per heavy atom. The minimum atomic E-state index is 0.850. The van der Waals surface area contributed by atoms with Gasteiger partial charge >= 0.3 is 0 Å². The third-order valence-corrected chi connectivity index (χ3v) is 2.48. The molecule has 0 aromatic carbocycles. The van der Waals surface area contributed by atoms with E-state index in [1.54, 1.807) is 6.33 Å². The summed E-state index contributed by atoms with van der Waals surface area (Å²) in [5, 5.41) is 7.95. The number of likely N-dealkylation sites (N-methyl/N-ethyl adjacent to an activating group) is 1. The van der Waals surface area contributed by atoms with Crippen LogP contribution >= 0.6 is 0 Å². The van der Waals surface area contributed by atoms with Gasteiger partial charge in [-0.15, -0.1) is 10.2 Å². The van der Waals surface area contributed by atoms with Crippen LogP contribution in [0.15, 0.2) is 37.0 Å². The molecule has 1 aromatic rings. The van der Waals surface area contributed by atoms with Crippen LogP contribution in [0.5, 0.6) is 0 Å². The molecule has 0 saturated carbocycles. The second kappa shape index (κ2) is 3.73. The Balaban J connectivity index is 2.39. The van der Waals surface area contributed by atoms with E-state index in [0.29, 0.717) is 0 Å². The molecule has 2 rings (SSSR count). The molecule has 0 unspecified atom stereocenters. The lowest BCUT2D eigenvalue weighted by molar-refractivity contribution is 0.508. The molecule has 0 N–H and O–H groups in total. The van der Waals surface area contributed by atoms with E-state index < -0.39 is 0 Å². The highest BCUT2D eigenvalue weighted by atomic mass is 15.3. The molecular weight excluding hydrogens is 188 g/mol. The van der Waals surface area contributed by atoms with Gasteiger partial charge in [0.1, 0.15) is 6.33 Å². The minimum absolute atomic E-state index is 0.850. The molecule has 2 heterocycles. The molecule has 1 aromatic heterocycles. The molecule has 0 aliphatic carbocycles. The highest BCUT2D eigenvalue weighted by Gasteiger charge is 2.16. The van der Waals surface area contributed by atoms with E-state index in [1.165, 1.54) is 0 Å². The zero-order chi connectivity index (χ0) is 10.8. The molecule has 15 heavy (non-hydrogen) atoms. The van der Waals surface area contributed by atoms with Gasteiger partial charge in [-0.2, -0.15) is 0 Å². The summed E-state index contributed by atoms with van der Waals surface area (Å²) in [6, 6.07) is 0. The van der Waals surface area contributed by atoms with Gasteiger partial charge in [0.25, 0.3) is 0 Å². The standard InChI is InChI=1S/C11H14N4/c1-4-15-7-5-6-10(9(15)2)11-13-12-8-14(11)3/h5-8H,2,4H2,1,3H3. The molecule has 0 fully saturated rings. The van der Waals surface area contributed by atoms with Crippen LogP contribution in [0.25, 0.3) is 5.57 Å². The van der Waals surface area contributed by atoms with Crippen molar-refractivity contribution in [3.8, 4) is 0 Å². The van der Waals surface area contributed by atoms with E-state index in [2.05, 4.69) is 28.6 Å². The van der Waals surface area contributed by atoms with Crippen LogP contribution in [0.2, 0.25) is 0 Å². The summed E-state index contributed by atoms with van der Waals surface area (Å²) in [7, 11) is 1.93. The predicted octanol–water partition coefficient (Wildman–Crippen LogP) is 1.56. The van der Waals surface area contributed by atoms with Gasteiger partial charge < -0.3 is 9.47 Å². The Morgan fingerprint density at radius 3 is 2.87 bits per heavy atom. The lowest BCUT2D eigenvalue weighted by Gasteiger charge is -2.25. The second-order valence-electron chi connectivity index (χ2n) is 3.42. The van der Waals surface area contributed by atoms with Crippen LogP contribution < -0.4 is 0 Å². The number of rotatable bonds is 2. The molecule has 4 heteroatoms. The van der Waals surface area contributed by atoms with Crippen LogP contribution in [0.1, 0.15) is 12.7 Å². The molecule has 0 atom stereocenters. The first kappa shape index (κ1) is 9.71. The maximum Gasteiger partial charge on any atom is 0.165 e. The molecule has 1 aliphatic rings. The molecule has 0 saturated heterocycles. The van der Waals surface area contributed by atoms with Crippen molar-refractivity contribution in [1.82, 2.24) is 19.7 Å². The molecule has 1 aliphatic heterocycles. The van der Waals surface area contributed by atoms with Gasteiger partial charge in [0.2, 0.25) is 0 Å². The molecule has 0 spiro atoms. The van der Waals surface area contributed by atoms with Crippen molar-refractivity contribution in [2.24, 2.45) is 7.05 Å². The highest BCUT2D eigenvalue weighted by molar-refractivity contribution is 5.76. The maximum absolute atomic E-state index is 4.08. The SMILES string of the molecule is C=C1C(c2nncn2C)=CC=CN1CC. The Kier molecular flexibility index (Phi) is 2.41. The lowest BCUT2D eigenvalue weighted by Crippen LogP contribution is -2.19. The van der Waals surface area contributed by atoms with Gasteiger partial charge in [-0.3, -0.25) is 0 Å². The Labute approximate surface area is 89.2 Å². The normalized spacial score (nSPS) is 15.7. The third kappa shape index (κ3) is 1.58. The molecule has 0 radical (unpaired) electrons. The first-order valence-electron chi connectivity index (χ1n) is 4.92. The van der Waals surface area contributed by atoms with Crippen LogP contribution in [0.4, 0.5) is 0 Å². The first-order chi connectivity index (χ1) is 7.24. The summed E-state index contributed by atoms with van der Waals surface area (Å²) in [6.07, 6.45) is 7.72. The molecule has 0 bridgehead atoms. The molecular formula is C11H14N4.